The molecule has 0 unspecified atom stereocenters. The highest BCUT2D eigenvalue weighted by Crippen LogP contribution is 2.29. The molecule has 1 aliphatic heterocycles. The molecule has 114 valence electrons. The fourth-order valence-corrected chi connectivity index (χ4v) is 3.13. The second-order valence-electron chi connectivity index (χ2n) is 5.30. The average molecular weight is 319 g/mol. The molecule has 3 rings (SSSR count). The predicted molar refractivity (Wildman–Crippen MR) is 98.9 cm³/mol. The Morgan fingerprint density at radius 1 is 1.22 bits per heavy atom. The molecule has 3 nitrogen and oxygen atoms in total. The number of anilines is 1. The van der Waals surface area contributed by atoms with E-state index in [-0.39, 0.29) is 0 Å². The molecular weight excluding hydrogens is 302 g/mol. The number of hydrogen-bond donors (Lipinski definition) is 1. The van der Waals surface area contributed by atoms with Crippen LogP contribution in [0.25, 0.3) is 11.1 Å². The van der Waals surface area contributed by atoms with Crippen LogP contribution in [0.1, 0.15) is 11.1 Å². The molecule has 0 radical (unpaired) electrons. The van der Waals surface area contributed by atoms with E-state index in [4.69, 9.17) is 0 Å². The molecule has 0 saturated carbocycles. The van der Waals surface area contributed by atoms with Crippen molar-refractivity contribution < 1.29 is 0 Å². The van der Waals surface area contributed by atoms with Crippen molar-refractivity contribution in [3.05, 3.63) is 64.6 Å². The van der Waals surface area contributed by atoms with Gasteiger partial charge in [-0.2, -0.15) is 5.26 Å². The van der Waals surface area contributed by atoms with E-state index >= 15 is 0 Å². The van der Waals surface area contributed by atoms with Gasteiger partial charge in [-0.05, 0) is 36.2 Å². The Hall–Kier alpha value is -2.51. The molecule has 4 heteroatoms. The van der Waals surface area contributed by atoms with Crippen LogP contribution in [0.2, 0.25) is 0 Å². The SMILES string of the molecule is Cc1ccccc1-c1cc(NCC2=CCN=CS2)ccc1C#N. The highest BCUT2D eigenvalue weighted by Gasteiger charge is 2.09. The van der Waals surface area contributed by atoms with Gasteiger partial charge in [0.05, 0.1) is 23.7 Å². The summed E-state index contributed by atoms with van der Waals surface area (Å²) in [5.74, 6) is 0. The molecule has 1 N–H and O–H groups in total. The van der Waals surface area contributed by atoms with Crippen molar-refractivity contribution >= 4 is 23.0 Å². The topological polar surface area (TPSA) is 48.2 Å². The number of aryl methyl sites for hydroxylation is 1. The third-order valence-electron chi connectivity index (χ3n) is 3.74. The van der Waals surface area contributed by atoms with Crippen LogP contribution in [-0.2, 0) is 0 Å². The molecule has 2 aromatic carbocycles. The first-order valence-electron chi connectivity index (χ1n) is 7.46. The predicted octanol–water partition coefficient (Wildman–Crippen LogP) is 4.60. The highest BCUT2D eigenvalue weighted by atomic mass is 32.2. The van der Waals surface area contributed by atoms with E-state index in [0.29, 0.717) is 5.56 Å². The average Bonchev–Trinajstić information content (AvgIpc) is 2.61. The summed E-state index contributed by atoms with van der Waals surface area (Å²) in [6.07, 6.45) is 2.13. The maximum absolute atomic E-state index is 9.40. The van der Waals surface area contributed by atoms with Gasteiger partial charge in [-0.25, -0.2) is 0 Å². The summed E-state index contributed by atoms with van der Waals surface area (Å²) in [6, 6.07) is 16.3. The van der Waals surface area contributed by atoms with E-state index in [1.165, 1.54) is 10.5 Å². The van der Waals surface area contributed by atoms with Crippen LogP contribution in [0, 0.1) is 18.3 Å². The Kier molecular flexibility index (Phi) is 4.80. The zero-order chi connectivity index (χ0) is 16.1. The summed E-state index contributed by atoms with van der Waals surface area (Å²) >= 11 is 1.65. The molecule has 2 aromatic rings. The summed E-state index contributed by atoms with van der Waals surface area (Å²) in [7, 11) is 0. The molecule has 0 spiro atoms. The molecule has 0 aromatic heterocycles. The zero-order valence-corrected chi connectivity index (χ0v) is 13.7. The number of nitriles is 1. The number of rotatable bonds is 4. The van der Waals surface area contributed by atoms with E-state index < -0.39 is 0 Å². The lowest BCUT2D eigenvalue weighted by Gasteiger charge is -2.13. The van der Waals surface area contributed by atoms with Crippen molar-refractivity contribution in [1.82, 2.24) is 0 Å². The molecule has 0 fully saturated rings. The van der Waals surface area contributed by atoms with Gasteiger partial charge in [0, 0.05) is 22.7 Å². The molecule has 0 saturated heterocycles. The summed E-state index contributed by atoms with van der Waals surface area (Å²) in [5.41, 5.74) is 6.85. The van der Waals surface area contributed by atoms with Crippen LogP contribution in [0.5, 0.6) is 0 Å². The first-order chi connectivity index (χ1) is 11.3. The maximum atomic E-state index is 9.40. The minimum Gasteiger partial charge on any atom is -0.380 e. The van der Waals surface area contributed by atoms with Crippen molar-refractivity contribution in [2.45, 2.75) is 6.92 Å². The van der Waals surface area contributed by atoms with E-state index in [0.717, 1.165) is 29.9 Å². The van der Waals surface area contributed by atoms with Crippen LogP contribution in [0.15, 0.2) is 58.4 Å². The first-order valence-corrected chi connectivity index (χ1v) is 8.34. The fraction of sp³-hybridized carbons (Fsp3) is 0.158. The molecular formula is C19H17N3S. The van der Waals surface area contributed by atoms with Gasteiger partial charge >= 0.3 is 0 Å². The Morgan fingerprint density at radius 3 is 2.83 bits per heavy atom. The van der Waals surface area contributed by atoms with Gasteiger partial charge in [-0.15, -0.1) is 0 Å². The van der Waals surface area contributed by atoms with Crippen molar-refractivity contribution in [1.29, 1.82) is 5.26 Å². The second-order valence-corrected chi connectivity index (χ2v) is 6.27. The number of thioether (sulfide) groups is 1. The van der Waals surface area contributed by atoms with Crippen LogP contribution < -0.4 is 5.32 Å². The smallest absolute Gasteiger partial charge is 0.0998 e. The molecule has 0 aliphatic carbocycles. The van der Waals surface area contributed by atoms with Crippen LogP contribution in [0.4, 0.5) is 5.69 Å². The first kappa shape index (κ1) is 15.4. The molecule has 0 amide bonds. The van der Waals surface area contributed by atoms with Gasteiger partial charge in [0.1, 0.15) is 0 Å². The third kappa shape index (κ3) is 3.64. The van der Waals surface area contributed by atoms with Crippen molar-refractivity contribution in [3.63, 3.8) is 0 Å². The monoisotopic (exact) mass is 319 g/mol. The minimum absolute atomic E-state index is 0.697. The van der Waals surface area contributed by atoms with E-state index in [1.54, 1.807) is 11.8 Å². The zero-order valence-electron chi connectivity index (χ0n) is 12.9. The largest absolute Gasteiger partial charge is 0.380 e. The minimum atomic E-state index is 0.697. The number of nitrogens with zero attached hydrogens (tertiary/aromatic N) is 2. The standard InChI is InChI=1S/C19H17N3S/c1-14-4-2-3-5-18(14)19-10-16(7-6-15(19)11-20)22-12-17-8-9-21-13-23-17/h2-8,10,13,22H,9,12H2,1H3. The number of hydrogen-bond acceptors (Lipinski definition) is 4. The Morgan fingerprint density at radius 2 is 2.09 bits per heavy atom. The molecule has 1 heterocycles. The summed E-state index contributed by atoms with van der Waals surface area (Å²) in [5, 5.41) is 12.8. The van der Waals surface area contributed by atoms with Gasteiger partial charge < -0.3 is 5.32 Å². The van der Waals surface area contributed by atoms with E-state index in [1.807, 2.05) is 29.8 Å². The summed E-state index contributed by atoms with van der Waals surface area (Å²) in [6.45, 7) is 3.60. The quantitative estimate of drug-likeness (QED) is 0.895. The molecule has 0 atom stereocenters. The van der Waals surface area contributed by atoms with Crippen molar-refractivity contribution in [2.75, 3.05) is 18.4 Å². The molecule has 1 aliphatic rings. The Labute approximate surface area is 140 Å². The number of benzene rings is 2. The molecule has 23 heavy (non-hydrogen) atoms. The van der Waals surface area contributed by atoms with Gasteiger partial charge in [-0.1, -0.05) is 42.1 Å². The summed E-state index contributed by atoms with van der Waals surface area (Å²) < 4.78 is 0. The highest BCUT2D eigenvalue weighted by molar-refractivity contribution is 8.15. The maximum Gasteiger partial charge on any atom is 0.0998 e. The lowest BCUT2D eigenvalue weighted by molar-refractivity contribution is 1.21. The van der Waals surface area contributed by atoms with Crippen LogP contribution in [0.3, 0.4) is 0 Å². The Balaban J connectivity index is 1.86. The van der Waals surface area contributed by atoms with Gasteiger partial charge in [0.25, 0.3) is 0 Å². The van der Waals surface area contributed by atoms with Gasteiger partial charge in [0.2, 0.25) is 0 Å². The van der Waals surface area contributed by atoms with Crippen molar-refractivity contribution in [2.24, 2.45) is 4.99 Å². The number of nitrogens with one attached hydrogen (secondary N) is 1. The van der Waals surface area contributed by atoms with Gasteiger partial charge in [-0.3, -0.25) is 4.99 Å². The lowest BCUT2D eigenvalue weighted by atomic mass is 9.96. The van der Waals surface area contributed by atoms with Crippen LogP contribution in [-0.4, -0.2) is 18.6 Å². The lowest BCUT2D eigenvalue weighted by Crippen LogP contribution is -2.05. The fourth-order valence-electron chi connectivity index (χ4n) is 2.50. The number of aliphatic imine (C=N–C) groups is 1. The normalized spacial score (nSPS) is 13.3. The third-order valence-corrected chi connectivity index (χ3v) is 4.61. The Bertz CT molecular complexity index is 816. The van der Waals surface area contributed by atoms with Crippen molar-refractivity contribution in [3.8, 4) is 17.2 Å². The summed E-state index contributed by atoms with van der Waals surface area (Å²) in [4.78, 5) is 5.43. The molecule has 0 bridgehead atoms. The van der Waals surface area contributed by atoms with Crippen LogP contribution >= 0.6 is 11.8 Å². The second kappa shape index (κ2) is 7.17. The van der Waals surface area contributed by atoms with Gasteiger partial charge in [0.15, 0.2) is 0 Å². The van der Waals surface area contributed by atoms with E-state index in [9.17, 15) is 5.26 Å². The van der Waals surface area contributed by atoms with E-state index in [2.05, 4.69) is 47.6 Å².